The van der Waals surface area contributed by atoms with Gasteiger partial charge < -0.3 is 10.6 Å². The predicted molar refractivity (Wildman–Crippen MR) is 123 cm³/mol. The molecule has 0 saturated carbocycles. The Morgan fingerprint density at radius 3 is 2.33 bits per heavy atom. The van der Waals surface area contributed by atoms with Crippen LogP contribution in [-0.4, -0.2) is 15.8 Å². The first-order chi connectivity index (χ1) is 14.3. The van der Waals surface area contributed by atoms with E-state index in [1.807, 2.05) is 6.07 Å². The van der Waals surface area contributed by atoms with Gasteiger partial charge in [-0.2, -0.15) is 4.98 Å². The molecule has 2 aromatic carbocycles. The number of carbonyl (C=O) groups excluding carboxylic acids is 1. The summed E-state index contributed by atoms with van der Waals surface area (Å²) in [7, 11) is 0. The van der Waals surface area contributed by atoms with Crippen LogP contribution in [0, 0.1) is 19.8 Å². The van der Waals surface area contributed by atoms with Crippen LogP contribution in [0.2, 0.25) is 10.0 Å². The lowest BCUT2D eigenvalue weighted by Gasteiger charge is -2.23. The summed E-state index contributed by atoms with van der Waals surface area (Å²) in [5, 5.41) is 7.50. The number of nitrogens with zero attached hydrogens (tertiary/aromatic N) is 2. The Morgan fingerprint density at radius 1 is 0.900 bits per heavy atom. The van der Waals surface area contributed by atoms with Gasteiger partial charge in [-0.3, -0.25) is 4.79 Å². The molecular formula is C23H22Cl2N4O. The van der Waals surface area contributed by atoms with Crippen LogP contribution in [0.3, 0.4) is 0 Å². The quantitative estimate of drug-likeness (QED) is 0.474. The average molecular weight is 441 g/mol. The molecule has 0 bridgehead atoms. The maximum atomic E-state index is 12.8. The van der Waals surface area contributed by atoms with Crippen LogP contribution in [0.15, 0.2) is 36.4 Å². The minimum atomic E-state index is 0.0390. The summed E-state index contributed by atoms with van der Waals surface area (Å²) in [6, 6.07) is 11.2. The number of Topliss-reactive ketones (excluding diaryl/α,β-unsaturated/α-hetero) is 1. The Balaban J connectivity index is 1.76. The average Bonchev–Trinajstić information content (AvgIpc) is 2.63. The first-order valence-corrected chi connectivity index (χ1v) is 10.6. The highest BCUT2D eigenvalue weighted by molar-refractivity contribution is 6.35. The zero-order chi connectivity index (χ0) is 21.4. The summed E-state index contributed by atoms with van der Waals surface area (Å²) in [4.78, 5) is 22.1. The lowest BCUT2D eigenvalue weighted by molar-refractivity contribution is 0.0953. The van der Waals surface area contributed by atoms with Crippen molar-refractivity contribution in [2.75, 3.05) is 10.6 Å². The molecule has 3 aromatic rings. The van der Waals surface area contributed by atoms with Gasteiger partial charge in [0.15, 0.2) is 5.78 Å². The normalized spacial score (nSPS) is 15.6. The van der Waals surface area contributed by atoms with Crippen LogP contribution in [0.5, 0.6) is 0 Å². The van der Waals surface area contributed by atoms with Gasteiger partial charge in [0, 0.05) is 27.8 Å². The summed E-state index contributed by atoms with van der Waals surface area (Å²) in [5.41, 5.74) is 5.23. The molecule has 1 aliphatic rings. The molecule has 1 aliphatic carbocycles. The third kappa shape index (κ3) is 4.42. The smallest absolute Gasteiger partial charge is 0.229 e. The topological polar surface area (TPSA) is 66.9 Å². The molecule has 5 nitrogen and oxygen atoms in total. The predicted octanol–water partition coefficient (Wildman–Crippen LogP) is 6.65. The van der Waals surface area contributed by atoms with E-state index in [1.54, 1.807) is 18.2 Å². The number of nitrogens with one attached hydrogen (secondary N) is 2. The van der Waals surface area contributed by atoms with Crippen LogP contribution in [-0.2, 0) is 6.42 Å². The Kier molecular flexibility index (Phi) is 5.67. The Bertz CT molecular complexity index is 1130. The number of ketones is 1. The van der Waals surface area contributed by atoms with Gasteiger partial charge in [0.2, 0.25) is 5.95 Å². The molecule has 0 saturated heterocycles. The lowest BCUT2D eigenvalue weighted by Crippen LogP contribution is -2.22. The van der Waals surface area contributed by atoms with Gasteiger partial charge in [0.25, 0.3) is 0 Å². The molecule has 154 valence electrons. The maximum Gasteiger partial charge on any atom is 0.229 e. The van der Waals surface area contributed by atoms with E-state index in [0.717, 1.165) is 17.8 Å². The van der Waals surface area contributed by atoms with Crippen molar-refractivity contribution in [2.24, 2.45) is 5.92 Å². The number of fused-ring (bicyclic) bond motifs is 1. The van der Waals surface area contributed by atoms with Gasteiger partial charge in [-0.05, 0) is 67.6 Å². The minimum Gasteiger partial charge on any atom is -0.339 e. The number of halogens is 2. The van der Waals surface area contributed by atoms with E-state index in [-0.39, 0.29) is 11.7 Å². The van der Waals surface area contributed by atoms with E-state index in [9.17, 15) is 4.79 Å². The second-order valence-corrected chi connectivity index (χ2v) is 8.73. The molecule has 1 atom stereocenters. The van der Waals surface area contributed by atoms with Crippen LogP contribution >= 0.6 is 23.2 Å². The molecule has 1 aromatic heterocycles. The van der Waals surface area contributed by atoms with E-state index in [1.165, 1.54) is 11.1 Å². The number of aryl methyl sites for hydroxylation is 2. The van der Waals surface area contributed by atoms with Crippen molar-refractivity contribution in [2.45, 2.75) is 33.6 Å². The van der Waals surface area contributed by atoms with Crippen molar-refractivity contribution >= 4 is 52.1 Å². The minimum absolute atomic E-state index is 0.0390. The Hall–Kier alpha value is -2.63. The summed E-state index contributed by atoms with van der Waals surface area (Å²) in [6.45, 7) is 6.19. The highest BCUT2D eigenvalue weighted by atomic mass is 35.5. The van der Waals surface area contributed by atoms with Crippen molar-refractivity contribution in [3.8, 4) is 0 Å². The standard InChI is InChI=1S/C23H22Cl2N4O/c1-12-6-19-21(20(30)7-12)22(26-18-10-15(24)9-16(25)11-18)29-23(28-19)27-17-5-4-13(2)14(3)8-17/h4-5,8-12H,6-7H2,1-3H3,(H2,26,27,28,29). The van der Waals surface area contributed by atoms with Crippen LogP contribution in [0.1, 0.15) is 40.5 Å². The number of benzene rings is 2. The molecule has 30 heavy (non-hydrogen) atoms. The number of hydrogen-bond acceptors (Lipinski definition) is 5. The van der Waals surface area contributed by atoms with E-state index in [0.29, 0.717) is 39.5 Å². The summed E-state index contributed by atoms with van der Waals surface area (Å²) in [5.74, 6) is 1.18. The maximum absolute atomic E-state index is 12.8. The molecule has 7 heteroatoms. The molecule has 0 aliphatic heterocycles. The van der Waals surface area contributed by atoms with Crippen molar-refractivity contribution in [1.82, 2.24) is 9.97 Å². The van der Waals surface area contributed by atoms with E-state index in [2.05, 4.69) is 53.5 Å². The van der Waals surface area contributed by atoms with Crippen molar-refractivity contribution in [3.05, 3.63) is 68.8 Å². The summed E-state index contributed by atoms with van der Waals surface area (Å²) >= 11 is 12.3. The van der Waals surface area contributed by atoms with Gasteiger partial charge >= 0.3 is 0 Å². The van der Waals surface area contributed by atoms with Crippen LogP contribution in [0.25, 0.3) is 0 Å². The number of hydrogen-bond donors (Lipinski definition) is 2. The van der Waals surface area contributed by atoms with Crippen molar-refractivity contribution in [1.29, 1.82) is 0 Å². The molecule has 0 amide bonds. The molecule has 4 rings (SSSR count). The molecule has 0 spiro atoms. The second kappa shape index (κ2) is 8.25. The van der Waals surface area contributed by atoms with E-state index < -0.39 is 0 Å². The van der Waals surface area contributed by atoms with Crippen molar-refractivity contribution < 1.29 is 4.79 Å². The summed E-state index contributed by atoms with van der Waals surface area (Å²) in [6.07, 6.45) is 1.20. The zero-order valence-corrected chi connectivity index (χ0v) is 18.5. The summed E-state index contributed by atoms with van der Waals surface area (Å²) < 4.78 is 0. The highest BCUT2D eigenvalue weighted by Gasteiger charge is 2.28. The Morgan fingerprint density at radius 2 is 1.63 bits per heavy atom. The van der Waals surface area contributed by atoms with Crippen LogP contribution in [0.4, 0.5) is 23.1 Å². The second-order valence-electron chi connectivity index (χ2n) is 7.86. The molecular weight excluding hydrogens is 419 g/mol. The molecule has 1 unspecified atom stereocenters. The molecule has 0 fully saturated rings. The first-order valence-electron chi connectivity index (χ1n) is 9.80. The molecule has 2 N–H and O–H groups in total. The number of anilines is 4. The number of aromatic nitrogens is 2. The monoisotopic (exact) mass is 440 g/mol. The van der Waals surface area contributed by atoms with Gasteiger partial charge in [-0.1, -0.05) is 36.2 Å². The number of carbonyl (C=O) groups is 1. The first kappa shape index (κ1) is 20.6. The van der Waals surface area contributed by atoms with E-state index >= 15 is 0 Å². The van der Waals surface area contributed by atoms with Gasteiger partial charge in [0.05, 0.1) is 11.3 Å². The lowest BCUT2D eigenvalue weighted by atomic mass is 9.87. The van der Waals surface area contributed by atoms with Gasteiger partial charge in [-0.15, -0.1) is 0 Å². The Labute approximate surface area is 185 Å². The van der Waals surface area contributed by atoms with Gasteiger partial charge in [0.1, 0.15) is 5.82 Å². The highest BCUT2D eigenvalue weighted by Crippen LogP contribution is 2.33. The van der Waals surface area contributed by atoms with Crippen LogP contribution < -0.4 is 10.6 Å². The zero-order valence-electron chi connectivity index (χ0n) is 17.0. The van der Waals surface area contributed by atoms with E-state index in [4.69, 9.17) is 23.2 Å². The molecule has 0 radical (unpaired) electrons. The fraction of sp³-hybridized carbons (Fsp3) is 0.261. The third-order valence-electron chi connectivity index (χ3n) is 5.23. The molecule has 1 heterocycles. The SMILES string of the molecule is Cc1ccc(Nc2nc3c(c(Nc4cc(Cl)cc(Cl)c4)n2)C(=O)CC(C)C3)cc1C. The largest absolute Gasteiger partial charge is 0.339 e. The number of rotatable bonds is 4. The third-order valence-corrected chi connectivity index (χ3v) is 5.66. The fourth-order valence-corrected chi connectivity index (χ4v) is 4.15. The fourth-order valence-electron chi connectivity index (χ4n) is 3.63. The van der Waals surface area contributed by atoms with Crippen molar-refractivity contribution in [3.63, 3.8) is 0 Å². The van der Waals surface area contributed by atoms with Gasteiger partial charge in [-0.25, -0.2) is 4.98 Å².